The smallest absolute Gasteiger partial charge is 0.225 e. The lowest BCUT2D eigenvalue weighted by Gasteiger charge is -2.29. The van der Waals surface area contributed by atoms with E-state index in [-0.39, 0.29) is 0 Å². The number of amides is 1. The maximum atomic E-state index is 12.0. The minimum absolute atomic E-state index is 0.358. The summed E-state index contributed by atoms with van der Waals surface area (Å²) in [6.45, 7) is 3.08. The van der Waals surface area contributed by atoms with Gasteiger partial charge in [-0.2, -0.15) is 0 Å². The Hall–Kier alpha value is -0.570. The summed E-state index contributed by atoms with van der Waals surface area (Å²) in [7, 11) is 0. The van der Waals surface area contributed by atoms with Crippen LogP contribution in [0.5, 0.6) is 0 Å². The van der Waals surface area contributed by atoms with E-state index in [1.807, 2.05) is 4.90 Å². The molecular weight excluding hydrogens is 178 g/mol. The first-order chi connectivity index (χ1) is 6.84. The third-order valence-corrected chi connectivity index (χ3v) is 3.92. The molecule has 78 valence electrons. The van der Waals surface area contributed by atoms with Crippen LogP contribution in [0, 0.1) is 17.8 Å². The number of nitrogens with zero attached hydrogens (tertiary/aromatic N) is 1. The fraction of sp³-hybridized carbons (Fsp3) is 0.909. The summed E-state index contributed by atoms with van der Waals surface area (Å²) in [5, 5.41) is 0. The largest absolute Gasteiger partial charge is 0.378 e. The van der Waals surface area contributed by atoms with E-state index in [1.165, 1.54) is 19.3 Å². The van der Waals surface area contributed by atoms with E-state index >= 15 is 0 Å². The lowest BCUT2D eigenvalue weighted by Crippen LogP contribution is -2.43. The fourth-order valence-corrected chi connectivity index (χ4v) is 2.96. The van der Waals surface area contributed by atoms with E-state index < -0.39 is 0 Å². The average molecular weight is 195 g/mol. The highest BCUT2D eigenvalue weighted by molar-refractivity contribution is 5.79. The molecule has 0 bridgehead atoms. The summed E-state index contributed by atoms with van der Waals surface area (Å²) in [6, 6.07) is 0. The maximum Gasteiger partial charge on any atom is 0.225 e. The van der Waals surface area contributed by atoms with Crippen molar-refractivity contribution in [2.75, 3.05) is 26.3 Å². The fourth-order valence-electron chi connectivity index (χ4n) is 2.96. The van der Waals surface area contributed by atoms with Gasteiger partial charge >= 0.3 is 0 Å². The van der Waals surface area contributed by atoms with Crippen LogP contribution in [0.3, 0.4) is 0 Å². The van der Waals surface area contributed by atoms with Gasteiger partial charge in [0.15, 0.2) is 0 Å². The Morgan fingerprint density at radius 2 is 1.71 bits per heavy atom. The normalized spacial score (nSPS) is 40.9. The topological polar surface area (TPSA) is 29.5 Å². The van der Waals surface area contributed by atoms with Crippen LogP contribution < -0.4 is 0 Å². The molecule has 1 aliphatic heterocycles. The molecule has 0 aromatic carbocycles. The average Bonchev–Trinajstić information content (AvgIpc) is 2.86. The van der Waals surface area contributed by atoms with E-state index in [0.717, 1.165) is 38.1 Å². The predicted octanol–water partition coefficient (Wildman–Crippen LogP) is 0.891. The van der Waals surface area contributed by atoms with Crippen molar-refractivity contribution in [1.29, 1.82) is 0 Å². The Bertz CT molecular complexity index is 234. The van der Waals surface area contributed by atoms with Crippen LogP contribution >= 0.6 is 0 Å². The highest BCUT2D eigenvalue weighted by Crippen LogP contribution is 2.54. The van der Waals surface area contributed by atoms with Gasteiger partial charge in [0.25, 0.3) is 0 Å². The zero-order valence-corrected chi connectivity index (χ0v) is 8.45. The summed E-state index contributed by atoms with van der Waals surface area (Å²) in [5.41, 5.74) is 0. The zero-order chi connectivity index (χ0) is 9.54. The van der Waals surface area contributed by atoms with Gasteiger partial charge in [0.05, 0.1) is 13.2 Å². The van der Waals surface area contributed by atoms with Crippen molar-refractivity contribution in [2.45, 2.75) is 19.3 Å². The van der Waals surface area contributed by atoms with E-state index in [4.69, 9.17) is 4.74 Å². The molecule has 14 heavy (non-hydrogen) atoms. The minimum Gasteiger partial charge on any atom is -0.378 e. The van der Waals surface area contributed by atoms with E-state index in [9.17, 15) is 4.79 Å². The third-order valence-electron chi connectivity index (χ3n) is 3.92. The van der Waals surface area contributed by atoms with Crippen molar-refractivity contribution in [3.05, 3.63) is 0 Å². The molecule has 2 saturated carbocycles. The molecule has 0 aromatic heterocycles. The first-order valence-electron chi connectivity index (χ1n) is 5.71. The third kappa shape index (κ3) is 1.44. The second-order valence-corrected chi connectivity index (χ2v) is 4.86. The molecule has 3 aliphatic rings. The van der Waals surface area contributed by atoms with Crippen LogP contribution in [0.1, 0.15) is 19.3 Å². The summed E-state index contributed by atoms with van der Waals surface area (Å²) in [6.07, 6.45) is 3.73. The number of hydrogen-bond donors (Lipinski definition) is 0. The number of hydrogen-bond acceptors (Lipinski definition) is 2. The van der Waals surface area contributed by atoms with Crippen LogP contribution in [0.2, 0.25) is 0 Å². The second kappa shape index (κ2) is 3.23. The molecule has 3 rings (SSSR count). The van der Waals surface area contributed by atoms with Crippen LogP contribution in [-0.4, -0.2) is 37.1 Å². The van der Waals surface area contributed by atoms with E-state index in [2.05, 4.69) is 0 Å². The van der Waals surface area contributed by atoms with Gasteiger partial charge < -0.3 is 9.64 Å². The van der Waals surface area contributed by atoms with Crippen molar-refractivity contribution in [2.24, 2.45) is 17.8 Å². The highest BCUT2D eigenvalue weighted by atomic mass is 16.5. The Labute approximate surface area is 84.4 Å². The molecule has 2 unspecified atom stereocenters. The maximum absolute atomic E-state index is 12.0. The molecule has 0 spiro atoms. The van der Waals surface area contributed by atoms with Gasteiger partial charge in [-0.1, -0.05) is 0 Å². The Morgan fingerprint density at radius 1 is 1.07 bits per heavy atom. The lowest BCUT2D eigenvalue weighted by atomic mass is 10.0. The lowest BCUT2D eigenvalue weighted by molar-refractivity contribution is -0.139. The minimum atomic E-state index is 0.358. The van der Waals surface area contributed by atoms with Gasteiger partial charge in [0.2, 0.25) is 5.91 Å². The van der Waals surface area contributed by atoms with Gasteiger partial charge in [-0.15, -0.1) is 0 Å². The number of morpholine rings is 1. The van der Waals surface area contributed by atoms with Crippen molar-refractivity contribution in [3.63, 3.8) is 0 Å². The van der Waals surface area contributed by atoms with Crippen molar-refractivity contribution in [1.82, 2.24) is 4.90 Å². The summed E-state index contributed by atoms with van der Waals surface area (Å²) < 4.78 is 5.25. The summed E-state index contributed by atoms with van der Waals surface area (Å²) >= 11 is 0. The monoisotopic (exact) mass is 195 g/mol. The first-order valence-corrected chi connectivity index (χ1v) is 5.71. The number of ether oxygens (including phenoxy) is 1. The molecule has 2 aliphatic carbocycles. The zero-order valence-electron chi connectivity index (χ0n) is 8.45. The number of carbonyl (C=O) groups is 1. The van der Waals surface area contributed by atoms with Gasteiger partial charge in [-0.3, -0.25) is 4.79 Å². The van der Waals surface area contributed by atoms with Crippen LogP contribution in [0.15, 0.2) is 0 Å². The van der Waals surface area contributed by atoms with Crippen LogP contribution in [0.4, 0.5) is 0 Å². The Morgan fingerprint density at radius 3 is 2.36 bits per heavy atom. The summed E-state index contributed by atoms with van der Waals surface area (Å²) in [4.78, 5) is 14.0. The molecular formula is C11H17NO2. The standard InChI is InChI=1S/C11H17NO2/c13-11(12-1-3-14-4-2-12)10-6-8-5-9(8)7-10/h8-10H,1-7H2. The quantitative estimate of drug-likeness (QED) is 0.622. The van der Waals surface area contributed by atoms with Gasteiger partial charge in [-0.25, -0.2) is 0 Å². The summed E-state index contributed by atoms with van der Waals surface area (Å²) in [5.74, 6) is 2.58. The van der Waals surface area contributed by atoms with Crippen molar-refractivity contribution < 1.29 is 9.53 Å². The van der Waals surface area contributed by atoms with Crippen molar-refractivity contribution in [3.8, 4) is 0 Å². The van der Waals surface area contributed by atoms with Crippen molar-refractivity contribution >= 4 is 5.91 Å². The molecule has 1 heterocycles. The molecule has 3 heteroatoms. The highest BCUT2D eigenvalue weighted by Gasteiger charge is 2.48. The van der Waals surface area contributed by atoms with E-state index in [1.54, 1.807) is 0 Å². The van der Waals surface area contributed by atoms with E-state index in [0.29, 0.717) is 11.8 Å². The number of fused-ring (bicyclic) bond motifs is 1. The van der Waals surface area contributed by atoms with Crippen LogP contribution in [0.25, 0.3) is 0 Å². The van der Waals surface area contributed by atoms with Gasteiger partial charge in [0.1, 0.15) is 0 Å². The molecule has 1 amide bonds. The Kier molecular flexibility index (Phi) is 2.01. The van der Waals surface area contributed by atoms with Gasteiger partial charge in [0, 0.05) is 19.0 Å². The molecule has 0 N–H and O–H groups in total. The molecule has 2 atom stereocenters. The predicted molar refractivity (Wildman–Crippen MR) is 51.7 cm³/mol. The molecule has 1 saturated heterocycles. The van der Waals surface area contributed by atoms with Crippen LogP contribution in [-0.2, 0) is 9.53 Å². The number of carbonyl (C=O) groups excluding carboxylic acids is 1. The molecule has 3 nitrogen and oxygen atoms in total. The molecule has 3 fully saturated rings. The second-order valence-electron chi connectivity index (χ2n) is 4.86. The Balaban J connectivity index is 1.58. The first kappa shape index (κ1) is 8.72. The van der Waals surface area contributed by atoms with Gasteiger partial charge in [-0.05, 0) is 31.1 Å². The SMILES string of the molecule is O=C(C1CC2CC2C1)N1CCOCC1. The molecule has 0 aromatic rings. The number of rotatable bonds is 1. The molecule has 0 radical (unpaired) electrons.